The van der Waals surface area contributed by atoms with Crippen LogP contribution >= 0.6 is 23.5 Å². The Hall–Kier alpha value is -1.07. The van der Waals surface area contributed by atoms with Crippen molar-refractivity contribution < 1.29 is 61.0 Å². The van der Waals surface area contributed by atoms with Crippen LogP contribution in [-0.2, 0) is 41.5 Å². The number of ether oxygens (including phenoxy) is 1. The molecule has 0 amide bonds. The van der Waals surface area contributed by atoms with Crippen molar-refractivity contribution in [3.05, 3.63) is 22.7 Å². The van der Waals surface area contributed by atoms with E-state index < -0.39 is 54.2 Å². The third-order valence-electron chi connectivity index (χ3n) is 3.57. The molecule has 0 aromatic carbocycles. The molecule has 1 saturated heterocycles. The number of nitrogens with two attached hydrogens (primary N) is 1. The molecule has 0 radical (unpaired) electrons. The van der Waals surface area contributed by atoms with E-state index in [2.05, 4.69) is 28.4 Å². The van der Waals surface area contributed by atoms with E-state index in [1.165, 1.54) is 12.3 Å². The molecule has 0 saturated carbocycles. The highest BCUT2D eigenvalue weighted by Crippen LogP contribution is 2.66. The van der Waals surface area contributed by atoms with Gasteiger partial charge in [-0.15, -0.1) is 4.99 Å². The summed E-state index contributed by atoms with van der Waals surface area (Å²) in [5, 5.41) is 2.67. The molecule has 0 aliphatic carbocycles. The van der Waals surface area contributed by atoms with E-state index in [0.29, 0.717) is 5.82 Å². The maximum absolute atomic E-state index is 12.1. The highest BCUT2D eigenvalue weighted by molar-refractivity contribution is 7.66. The minimum absolute atomic E-state index is 0.0535. The maximum atomic E-state index is 12.1. The van der Waals surface area contributed by atoms with Crippen molar-refractivity contribution in [3.63, 3.8) is 0 Å². The fraction of sp³-hybridized carbons (Fsp3) is 0.600. The van der Waals surface area contributed by atoms with Gasteiger partial charge >= 0.3 is 29.2 Å². The number of rotatable bonds is 11. The quantitative estimate of drug-likeness (QED) is 0.119. The van der Waals surface area contributed by atoms with Crippen LogP contribution in [0.15, 0.2) is 17.1 Å². The number of nitrogens with one attached hydrogen (secondary N) is 1. The predicted octanol–water partition coefficient (Wildman–Crippen LogP) is -0.894. The van der Waals surface area contributed by atoms with E-state index in [4.69, 9.17) is 30.2 Å². The summed E-state index contributed by atoms with van der Waals surface area (Å²) in [5.41, 5.74) is -0.696. The van der Waals surface area contributed by atoms with Gasteiger partial charge in [0.15, 0.2) is 0 Å². The molecule has 1 aliphatic rings. The van der Waals surface area contributed by atoms with Crippen LogP contribution in [0, 0.1) is 0 Å². The molecule has 2 rings (SSSR count). The SMILES string of the molecule is CNc1ccn([C@H]2C[C@H](OON)[C@@H](COP(=O)(O)OP(=O)(O)OP(=O)(O)O)O2)c(=O)n1. The van der Waals surface area contributed by atoms with Crippen molar-refractivity contribution in [2.45, 2.75) is 24.9 Å². The minimum Gasteiger partial charge on any atom is -0.373 e. The summed E-state index contributed by atoms with van der Waals surface area (Å²) in [5.74, 6) is 5.14. The highest BCUT2D eigenvalue weighted by Gasteiger charge is 2.44. The molecule has 2 heterocycles. The van der Waals surface area contributed by atoms with Gasteiger partial charge in [0.05, 0.1) is 6.61 Å². The second-order valence-corrected chi connectivity index (χ2v) is 10.2. The number of hydrogen-bond acceptors (Lipinski definition) is 13. The van der Waals surface area contributed by atoms with Gasteiger partial charge in [-0.3, -0.25) is 9.09 Å². The summed E-state index contributed by atoms with van der Waals surface area (Å²) in [6, 6.07) is 1.47. The Labute approximate surface area is 173 Å². The summed E-state index contributed by atoms with van der Waals surface area (Å²) in [4.78, 5) is 60.4. The lowest BCUT2D eigenvalue weighted by Crippen LogP contribution is -2.30. The Morgan fingerprint density at radius 3 is 2.48 bits per heavy atom. The molecule has 1 aliphatic heterocycles. The number of anilines is 1. The van der Waals surface area contributed by atoms with Crippen LogP contribution in [-0.4, -0.2) is 55.0 Å². The average molecular weight is 512 g/mol. The lowest BCUT2D eigenvalue weighted by Gasteiger charge is -2.20. The number of nitrogens with zero attached hydrogens (tertiary/aromatic N) is 2. The third-order valence-corrected chi connectivity index (χ3v) is 7.38. The second-order valence-electron chi connectivity index (χ2n) is 5.74. The summed E-state index contributed by atoms with van der Waals surface area (Å²) in [6.07, 6.45) is -1.94. The molecule has 178 valence electrons. The van der Waals surface area contributed by atoms with Crippen LogP contribution in [0.2, 0.25) is 0 Å². The van der Waals surface area contributed by atoms with Crippen LogP contribution in [0.5, 0.6) is 0 Å². The highest BCUT2D eigenvalue weighted by atomic mass is 31.3. The van der Waals surface area contributed by atoms with Crippen molar-refractivity contribution in [3.8, 4) is 0 Å². The Morgan fingerprint density at radius 2 is 1.94 bits per heavy atom. The first kappa shape index (κ1) is 26.2. The van der Waals surface area contributed by atoms with Crippen LogP contribution in [0.4, 0.5) is 5.82 Å². The molecule has 0 spiro atoms. The number of phosphoric acid groups is 3. The van der Waals surface area contributed by atoms with Gasteiger partial charge < -0.3 is 29.6 Å². The van der Waals surface area contributed by atoms with Crippen molar-refractivity contribution >= 4 is 29.3 Å². The average Bonchev–Trinajstić information content (AvgIpc) is 2.99. The third kappa shape index (κ3) is 8.09. The molecule has 1 aromatic heterocycles. The van der Waals surface area contributed by atoms with E-state index in [1.54, 1.807) is 7.05 Å². The van der Waals surface area contributed by atoms with Crippen LogP contribution < -0.4 is 16.9 Å². The molecule has 18 nitrogen and oxygen atoms in total. The predicted molar refractivity (Wildman–Crippen MR) is 96.5 cm³/mol. The Balaban J connectivity index is 2.07. The number of hydrogen-bond donors (Lipinski definition) is 6. The standard InChI is InChI=1S/C10H19N4O14P3/c1-12-8-2-3-14(10(15)13-8)9-4-6(25-26-11)7(24-9)5-23-30(19,20)28-31(21,22)27-29(16,17)18/h2-3,6-7,9H,4-5,11H2,1H3,(H,19,20)(H,21,22)(H,12,13,15)(H2,16,17,18)/t6-,7+,9+/m0/s1. The molecule has 21 heteroatoms. The van der Waals surface area contributed by atoms with E-state index in [9.17, 15) is 23.4 Å². The lowest BCUT2D eigenvalue weighted by atomic mass is 10.2. The zero-order valence-electron chi connectivity index (χ0n) is 15.5. The van der Waals surface area contributed by atoms with Gasteiger partial charge in [0, 0.05) is 19.7 Å². The first-order chi connectivity index (χ1) is 14.3. The molecule has 7 N–H and O–H groups in total. The molecule has 2 unspecified atom stereocenters. The van der Waals surface area contributed by atoms with Gasteiger partial charge in [-0.2, -0.15) is 19.5 Å². The zero-order chi connectivity index (χ0) is 23.4. The lowest BCUT2D eigenvalue weighted by molar-refractivity contribution is -0.335. The number of phosphoric ester groups is 1. The van der Waals surface area contributed by atoms with Crippen molar-refractivity contribution in [2.75, 3.05) is 19.0 Å². The molecule has 31 heavy (non-hydrogen) atoms. The van der Waals surface area contributed by atoms with Gasteiger partial charge in [0.25, 0.3) is 0 Å². The van der Waals surface area contributed by atoms with Gasteiger partial charge in [-0.25, -0.2) is 23.4 Å². The minimum atomic E-state index is -5.68. The van der Waals surface area contributed by atoms with E-state index in [-0.39, 0.29) is 6.42 Å². The van der Waals surface area contributed by atoms with Gasteiger partial charge in [-0.05, 0) is 6.07 Å². The van der Waals surface area contributed by atoms with E-state index >= 15 is 0 Å². The molecular formula is C10H19N4O14P3. The first-order valence-corrected chi connectivity index (χ1v) is 12.5. The fourth-order valence-corrected chi connectivity index (χ4v) is 5.47. The Kier molecular flexibility index (Phi) is 8.66. The van der Waals surface area contributed by atoms with Gasteiger partial charge in [0.1, 0.15) is 24.3 Å². The number of aromatic nitrogens is 2. The normalized spacial score (nSPS) is 25.7. The first-order valence-electron chi connectivity index (χ1n) is 7.98. The smallest absolute Gasteiger partial charge is 0.373 e. The van der Waals surface area contributed by atoms with Crippen molar-refractivity contribution in [2.24, 2.45) is 5.90 Å². The van der Waals surface area contributed by atoms with E-state index in [1.807, 2.05) is 0 Å². The van der Waals surface area contributed by atoms with Crippen LogP contribution in [0.3, 0.4) is 0 Å². The molecule has 5 atom stereocenters. The van der Waals surface area contributed by atoms with Gasteiger partial charge in [-0.1, -0.05) is 0 Å². The summed E-state index contributed by atoms with van der Waals surface area (Å²) < 4.78 is 52.1. The monoisotopic (exact) mass is 512 g/mol. The summed E-state index contributed by atoms with van der Waals surface area (Å²) in [7, 11) is -15.0. The van der Waals surface area contributed by atoms with Crippen LogP contribution in [0.1, 0.15) is 12.6 Å². The summed E-state index contributed by atoms with van der Waals surface area (Å²) in [6.45, 7) is -0.828. The van der Waals surface area contributed by atoms with Crippen molar-refractivity contribution in [1.29, 1.82) is 0 Å². The second kappa shape index (κ2) is 10.2. The van der Waals surface area contributed by atoms with Crippen molar-refractivity contribution in [1.82, 2.24) is 9.55 Å². The Morgan fingerprint density at radius 1 is 1.26 bits per heavy atom. The zero-order valence-corrected chi connectivity index (χ0v) is 18.2. The maximum Gasteiger partial charge on any atom is 0.490 e. The molecular weight excluding hydrogens is 493 g/mol. The Bertz CT molecular complexity index is 966. The largest absolute Gasteiger partial charge is 0.490 e. The fourth-order valence-electron chi connectivity index (χ4n) is 2.44. The molecule has 1 fully saturated rings. The molecule has 1 aromatic rings. The van der Waals surface area contributed by atoms with Crippen LogP contribution in [0.25, 0.3) is 0 Å². The van der Waals surface area contributed by atoms with Gasteiger partial charge in [0.2, 0.25) is 0 Å². The summed E-state index contributed by atoms with van der Waals surface area (Å²) >= 11 is 0. The topological polar surface area (TPSA) is 260 Å². The van der Waals surface area contributed by atoms with E-state index in [0.717, 1.165) is 4.57 Å². The molecule has 0 bridgehead atoms.